The highest BCUT2D eigenvalue weighted by atomic mass is 79.9. The number of rotatable bonds is 5. The minimum atomic E-state index is 0.663. The topological polar surface area (TPSA) is 21.3 Å². The molecule has 2 unspecified atom stereocenters. The van der Waals surface area contributed by atoms with Gasteiger partial charge in [-0.25, -0.2) is 0 Å². The van der Waals surface area contributed by atoms with E-state index in [9.17, 15) is 0 Å². The van der Waals surface area contributed by atoms with Gasteiger partial charge in [0, 0.05) is 22.7 Å². The number of nitrogens with one attached hydrogen (secondary N) is 1. The molecule has 1 aromatic rings. The van der Waals surface area contributed by atoms with Crippen molar-refractivity contribution in [3.05, 3.63) is 27.7 Å². The molecule has 0 aliphatic carbocycles. The maximum absolute atomic E-state index is 5.86. The van der Waals surface area contributed by atoms with Crippen molar-refractivity contribution in [2.75, 3.05) is 24.7 Å². The largest absolute Gasteiger partial charge is 0.493 e. The number of fused-ring (bicyclic) bond motifs is 1. The summed E-state index contributed by atoms with van der Waals surface area (Å²) >= 11 is 5.73. The van der Waals surface area contributed by atoms with Gasteiger partial charge in [0.2, 0.25) is 0 Å². The van der Waals surface area contributed by atoms with E-state index in [0.29, 0.717) is 6.04 Å². The second kappa shape index (κ2) is 6.71. The molecule has 110 valence electrons. The van der Waals surface area contributed by atoms with Crippen molar-refractivity contribution < 1.29 is 4.74 Å². The zero-order valence-electron chi connectivity index (χ0n) is 12.0. The van der Waals surface area contributed by atoms with Gasteiger partial charge < -0.3 is 10.1 Å². The van der Waals surface area contributed by atoms with E-state index < -0.39 is 0 Å². The maximum Gasteiger partial charge on any atom is 0.125 e. The Morgan fingerprint density at radius 3 is 3.15 bits per heavy atom. The van der Waals surface area contributed by atoms with Gasteiger partial charge in [0.15, 0.2) is 0 Å². The summed E-state index contributed by atoms with van der Waals surface area (Å²) in [4.78, 5) is 0. The van der Waals surface area contributed by atoms with Crippen LogP contribution in [0.3, 0.4) is 0 Å². The molecule has 2 aliphatic rings. The first-order valence-electron chi connectivity index (χ1n) is 7.53. The SMILES string of the molecule is CCCNC1CSCC1Cc1cc(Br)cc2c1OCC2. The standard InChI is InChI=1S/C16H22BrNOS/c1-2-4-18-15-10-20-9-13(15)6-12-8-14(17)7-11-3-5-19-16(11)12/h7-8,13,15,18H,2-6,9-10H2,1H3. The van der Waals surface area contributed by atoms with Crippen molar-refractivity contribution in [2.24, 2.45) is 5.92 Å². The van der Waals surface area contributed by atoms with Gasteiger partial charge >= 0.3 is 0 Å². The molecule has 4 heteroatoms. The normalized spacial score (nSPS) is 24.7. The predicted octanol–water partition coefficient (Wildman–Crippen LogP) is 3.66. The molecule has 0 aromatic heterocycles. The molecule has 1 saturated heterocycles. The van der Waals surface area contributed by atoms with E-state index in [-0.39, 0.29) is 0 Å². The summed E-state index contributed by atoms with van der Waals surface area (Å²) in [5, 5.41) is 3.71. The minimum absolute atomic E-state index is 0.663. The third kappa shape index (κ3) is 3.18. The van der Waals surface area contributed by atoms with Crippen LogP contribution in [0.5, 0.6) is 5.75 Å². The first-order valence-corrected chi connectivity index (χ1v) is 9.48. The third-order valence-electron chi connectivity index (χ3n) is 4.16. The number of hydrogen-bond acceptors (Lipinski definition) is 3. The Morgan fingerprint density at radius 2 is 2.30 bits per heavy atom. The zero-order chi connectivity index (χ0) is 13.9. The number of benzene rings is 1. The molecule has 2 aliphatic heterocycles. The average Bonchev–Trinajstić information content (AvgIpc) is 3.05. The van der Waals surface area contributed by atoms with Crippen molar-refractivity contribution in [1.82, 2.24) is 5.32 Å². The van der Waals surface area contributed by atoms with Crippen molar-refractivity contribution in [2.45, 2.75) is 32.2 Å². The van der Waals surface area contributed by atoms with Crippen molar-refractivity contribution >= 4 is 27.7 Å². The average molecular weight is 356 g/mol. The molecule has 0 bridgehead atoms. The predicted molar refractivity (Wildman–Crippen MR) is 89.9 cm³/mol. The molecule has 0 radical (unpaired) electrons. The fraction of sp³-hybridized carbons (Fsp3) is 0.625. The monoisotopic (exact) mass is 355 g/mol. The van der Waals surface area contributed by atoms with Crippen molar-refractivity contribution in [3.63, 3.8) is 0 Å². The summed E-state index contributed by atoms with van der Waals surface area (Å²) in [5.41, 5.74) is 2.76. The van der Waals surface area contributed by atoms with Gasteiger partial charge in [-0.05, 0) is 54.3 Å². The smallest absolute Gasteiger partial charge is 0.125 e. The molecular formula is C16H22BrNOS. The number of ether oxygens (including phenoxy) is 1. The quantitative estimate of drug-likeness (QED) is 0.870. The lowest BCUT2D eigenvalue weighted by atomic mass is 9.93. The lowest BCUT2D eigenvalue weighted by molar-refractivity contribution is 0.348. The summed E-state index contributed by atoms with van der Waals surface area (Å²) in [7, 11) is 0. The van der Waals surface area contributed by atoms with Crippen LogP contribution in [-0.4, -0.2) is 30.7 Å². The van der Waals surface area contributed by atoms with Crippen LogP contribution < -0.4 is 10.1 Å². The molecule has 0 spiro atoms. The molecule has 1 N–H and O–H groups in total. The van der Waals surface area contributed by atoms with E-state index in [2.05, 4.69) is 52.1 Å². The van der Waals surface area contributed by atoms with Crippen LogP contribution in [0.2, 0.25) is 0 Å². The molecule has 2 heterocycles. The third-order valence-corrected chi connectivity index (χ3v) is 5.88. The first kappa shape index (κ1) is 14.7. The molecule has 2 nitrogen and oxygen atoms in total. The van der Waals surface area contributed by atoms with Gasteiger partial charge in [0.25, 0.3) is 0 Å². The van der Waals surface area contributed by atoms with Gasteiger partial charge in [-0.1, -0.05) is 22.9 Å². The molecule has 0 saturated carbocycles. The van der Waals surface area contributed by atoms with Crippen molar-refractivity contribution in [1.29, 1.82) is 0 Å². The van der Waals surface area contributed by atoms with Crippen LogP contribution in [0.4, 0.5) is 0 Å². The molecule has 3 rings (SSSR count). The molecular weight excluding hydrogens is 334 g/mol. The minimum Gasteiger partial charge on any atom is -0.493 e. The van der Waals surface area contributed by atoms with E-state index in [1.165, 1.54) is 39.3 Å². The van der Waals surface area contributed by atoms with Crippen LogP contribution in [0.15, 0.2) is 16.6 Å². The van der Waals surface area contributed by atoms with Gasteiger partial charge in [-0.3, -0.25) is 0 Å². The first-order chi connectivity index (χ1) is 9.78. The van der Waals surface area contributed by atoms with E-state index in [1.807, 2.05) is 0 Å². The van der Waals surface area contributed by atoms with Crippen LogP contribution in [0.1, 0.15) is 24.5 Å². The van der Waals surface area contributed by atoms with E-state index in [4.69, 9.17) is 4.74 Å². The second-order valence-corrected chi connectivity index (χ2v) is 7.70. The van der Waals surface area contributed by atoms with Crippen LogP contribution in [0.25, 0.3) is 0 Å². The fourth-order valence-corrected chi connectivity index (χ4v) is 5.12. The van der Waals surface area contributed by atoms with E-state index in [0.717, 1.165) is 31.9 Å². The highest BCUT2D eigenvalue weighted by Gasteiger charge is 2.29. The van der Waals surface area contributed by atoms with Crippen LogP contribution >= 0.6 is 27.7 Å². The Bertz CT molecular complexity index is 480. The number of thioether (sulfide) groups is 1. The maximum atomic E-state index is 5.86. The Morgan fingerprint density at radius 1 is 1.40 bits per heavy atom. The molecule has 20 heavy (non-hydrogen) atoms. The Balaban J connectivity index is 1.74. The lowest BCUT2D eigenvalue weighted by Crippen LogP contribution is -2.36. The van der Waals surface area contributed by atoms with Gasteiger partial charge in [-0.2, -0.15) is 11.8 Å². The number of halogens is 1. The Kier molecular flexibility index (Phi) is 4.95. The van der Waals surface area contributed by atoms with Gasteiger partial charge in [-0.15, -0.1) is 0 Å². The number of hydrogen-bond donors (Lipinski definition) is 1. The van der Waals surface area contributed by atoms with Crippen molar-refractivity contribution in [3.8, 4) is 5.75 Å². The highest BCUT2D eigenvalue weighted by molar-refractivity contribution is 9.10. The molecule has 1 aromatic carbocycles. The molecule has 2 atom stereocenters. The second-order valence-electron chi connectivity index (χ2n) is 5.71. The molecule has 1 fully saturated rings. The van der Waals surface area contributed by atoms with Gasteiger partial charge in [0.05, 0.1) is 6.61 Å². The summed E-state index contributed by atoms with van der Waals surface area (Å²) in [6.07, 6.45) is 3.40. The summed E-state index contributed by atoms with van der Waals surface area (Å²) in [5.74, 6) is 4.41. The summed E-state index contributed by atoms with van der Waals surface area (Å²) < 4.78 is 7.06. The summed E-state index contributed by atoms with van der Waals surface area (Å²) in [6.45, 7) is 4.21. The van der Waals surface area contributed by atoms with Crippen LogP contribution in [-0.2, 0) is 12.8 Å². The molecule has 0 amide bonds. The fourth-order valence-electron chi connectivity index (χ4n) is 3.14. The van der Waals surface area contributed by atoms with Crippen LogP contribution in [0, 0.1) is 5.92 Å². The van der Waals surface area contributed by atoms with E-state index in [1.54, 1.807) is 0 Å². The highest BCUT2D eigenvalue weighted by Crippen LogP contribution is 2.36. The Labute approximate surface area is 134 Å². The van der Waals surface area contributed by atoms with Gasteiger partial charge in [0.1, 0.15) is 5.75 Å². The summed E-state index contributed by atoms with van der Waals surface area (Å²) in [6, 6.07) is 5.13. The zero-order valence-corrected chi connectivity index (χ0v) is 14.4. The van der Waals surface area contributed by atoms with E-state index >= 15 is 0 Å². The lowest BCUT2D eigenvalue weighted by Gasteiger charge is -2.21. The Hall–Kier alpha value is -0.190.